The molecule has 0 aromatic carbocycles. The third-order valence-corrected chi connectivity index (χ3v) is 3.72. The summed E-state index contributed by atoms with van der Waals surface area (Å²) in [7, 11) is 1.46. The third kappa shape index (κ3) is 3.32. The molecule has 2 aliphatic heterocycles. The molecule has 0 aliphatic carbocycles. The predicted molar refractivity (Wildman–Crippen MR) is 74.0 cm³/mol. The Morgan fingerprint density at radius 1 is 1.29 bits per heavy atom. The number of hydrogen-bond donors (Lipinski definition) is 1. The van der Waals surface area contributed by atoms with E-state index in [1.165, 1.54) is 7.11 Å². The second-order valence-electron chi connectivity index (χ2n) is 5.11. The van der Waals surface area contributed by atoms with Crippen LogP contribution in [-0.4, -0.2) is 53.2 Å². The predicted octanol–water partition coefficient (Wildman–Crippen LogP) is 2.40. The van der Waals surface area contributed by atoms with Gasteiger partial charge in [0.25, 0.3) is 3.79 Å². The molecule has 21 heavy (non-hydrogen) atoms. The lowest BCUT2D eigenvalue weighted by Crippen LogP contribution is -2.62. The van der Waals surface area contributed by atoms with Crippen molar-refractivity contribution in [3.8, 4) is 0 Å². The number of nitrogens with one attached hydrogen (secondary N) is 1. The minimum absolute atomic E-state index is 0.573. The fourth-order valence-electron chi connectivity index (χ4n) is 2.35. The number of halogens is 3. The molecule has 0 saturated carbocycles. The highest BCUT2D eigenvalue weighted by atomic mass is 35.6. The van der Waals surface area contributed by atoms with E-state index in [1.807, 2.05) is 0 Å². The van der Waals surface area contributed by atoms with Crippen LogP contribution in [0.3, 0.4) is 0 Å². The molecule has 0 bridgehead atoms. The van der Waals surface area contributed by atoms with Crippen molar-refractivity contribution in [3.63, 3.8) is 0 Å². The van der Waals surface area contributed by atoms with Crippen LogP contribution >= 0.6 is 34.8 Å². The first-order chi connectivity index (χ1) is 9.56. The fourth-order valence-corrected chi connectivity index (χ4v) is 2.48. The number of alkyl halides is 3. The van der Waals surface area contributed by atoms with Crippen LogP contribution in [0.2, 0.25) is 0 Å². The van der Waals surface area contributed by atoms with E-state index >= 15 is 0 Å². The molecule has 2 rings (SSSR count). The van der Waals surface area contributed by atoms with Crippen molar-refractivity contribution < 1.29 is 28.5 Å². The quantitative estimate of drug-likeness (QED) is 0.351. The standard InChI is InChI=1S/C11H14Cl3NO6/c1-10(2)6(17-3)4-5(19-9(16)18-4)7(21-10)20-8(15)11(12,13)14/h4-7,15H,1-3H3. The van der Waals surface area contributed by atoms with Gasteiger partial charge in [0.15, 0.2) is 6.10 Å². The van der Waals surface area contributed by atoms with Crippen LogP contribution in [0.25, 0.3) is 0 Å². The van der Waals surface area contributed by atoms with Crippen LogP contribution in [0.4, 0.5) is 4.79 Å². The van der Waals surface area contributed by atoms with E-state index in [1.54, 1.807) is 13.8 Å². The summed E-state index contributed by atoms with van der Waals surface area (Å²) >= 11 is 16.7. The van der Waals surface area contributed by atoms with Crippen molar-refractivity contribution >= 4 is 46.9 Å². The molecule has 1 N–H and O–H groups in total. The number of carbonyl (C=O) groups is 1. The highest BCUT2D eigenvalue weighted by Gasteiger charge is 2.59. The van der Waals surface area contributed by atoms with Gasteiger partial charge in [0, 0.05) is 7.11 Å². The molecule has 2 heterocycles. The minimum atomic E-state index is -2.05. The highest BCUT2D eigenvalue weighted by Crippen LogP contribution is 2.39. The van der Waals surface area contributed by atoms with E-state index in [0.717, 1.165) is 0 Å². The maximum atomic E-state index is 11.4. The number of ether oxygens (including phenoxy) is 5. The molecule has 2 fully saturated rings. The first kappa shape index (κ1) is 16.9. The minimum Gasteiger partial charge on any atom is -0.444 e. The Morgan fingerprint density at radius 3 is 2.38 bits per heavy atom. The molecule has 2 saturated heterocycles. The first-order valence-corrected chi connectivity index (χ1v) is 7.10. The van der Waals surface area contributed by atoms with Crippen LogP contribution in [0.1, 0.15) is 13.8 Å². The van der Waals surface area contributed by atoms with Crippen molar-refractivity contribution in [2.45, 2.75) is 47.8 Å². The molecule has 0 aromatic heterocycles. The van der Waals surface area contributed by atoms with Crippen LogP contribution < -0.4 is 0 Å². The van der Waals surface area contributed by atoms with Gasteiger partial charge in [0.2, 0.25) is 18.3 Å². The summed E-state index contributed by atoms with van der Waals surface area (Å²) in [6.45, 7) is 3.44. The normalized spacial score (nSPS) is 34.7. The van der Waals surface area contributed by atoms with Crippen LogP contribution in [0.15, 0.2) is 0 Å². The topological polar surface area (TPSA) is 87.1 Å². The summed E-state index contributed by atoms with van der Waals surface area (Å²) in [5.41, 5.74) is -0.873. The summed E-state index contributed by atoms with van der Waals surface area (Å²) in [4.78, 5) is 11.4. The summed E-state index contributed by atoms with van der Waals surface area (Å²) in [5.74, 6) is -0.647. The zero-order chi connectivity index (χ0) is 16.0. The molecule has 10 heteroatoms. The number of methoxy groups -OCH3 is 1. The monoisotopic (exact) mass is 361 g/mol. The van der Waals surface area contributed by atoms with Gasteiger partial charge < -0.3 is 23.7 Å². The molecule has 0 radical (unpaired) electrons. The van der Waals surface area contributed by atoms with E-state index in [9.17, 15) is 4.79 Å². The van der Waals surface area contributed by atoms with Crippen LogP contribution in [-0.2, 0) is 23.7 Å². The molecule has 7 nitrogen and oxygen atoms in total. The van der Waals surface area contributed by atoms with Gasteiger partial charge in [-0.25, -0.2) is 4.79 Å². The summed E-state index contributed by atoms with van der Waals surface area (Å²) in [6.07, 6.45) is -4.27. The van der Waals surface area contributed by atoms with Gasteiger partial charge in [-0.3, -0.25) is 5.41 Å². The van der Waals surface area contributed by atoms with Crippen LogP contribution in [0, 0.1) is 5.41 Å². The molecule has 2 aliphatic rings. The molecule has 4 unspecified atom stereocenters. The van der Waals surface area contributed by atoms with E-state index in [2.05, 4.69) is 0 Å². The molecule has 0 spiro atoms. The Kier molecular flexibility index (Phi) is 4.52. The maximum Gasteiger partial charge on any atom is 0.509 e. The van der Waals surface area contributed by atoms with Crippen molar-refractivity contribution in [3.05, 3.63) is 0 Å². The lowest BCUT2D eigenvalue weighted by atomic mass is 9.89. The van der Waals surface area contributed by atoms with Crippen molar-refractivity contribution in [1.82, 2.24) is 0 Å². The second kappa shape index (κ2) is 5.62. The van der Waals surface area contributed by atoms with Crippen LogP contribution in [0.5, 0.6) is 0 Å². The summed E-state index contributed by atoms with van der Waals surface area (Å²) in [6, 6.07) is 0. The van der Waals surface area contributed by atoms with Gasteiger partial charge in [-0.1, -0.05) is 34.8 Å². The van der Waals surface area contributed by atoms with E-state index in [0.29, 0.717) is 0 Å². The Hall–Kier alpha value is -0.470. The fraction of sp³-hybridized carbons (Fsp3) is 0.818. The summed E-state index contributed by atoms with van der Waals surface area (Å²) in [5, 5.41) is 7.59. The highest BCUT2D eigenvalue weighted by molar-refractivity contribution is 6.76. The Labute approximate surface area is 136 Å². The van der Waals surface area contributed by atoms with Crippen molar-refractivity contribution in [1.29, 1.82) is 5.41 Å². The average molecular weight is 363 g/mol. The van der Waals surface area contributed by atoms with Gasteiger partial charge in [-0.05, 0) is 13.8 Å². The van der Waals surface area contributed by atoms with Gasteiger partial charge in [0.05, 0.1) is 5.60 Å². The van der Waals surface area contributed by atoms with Gasteiger partial charge >= 0.3 is 6.16 Å². The zero-order valence-corrected chi connectivity index (χ0v) is 13.7. The molecule has 4 atom stereocenters. The average Bonchev–Trinajstić information content (AvgIpc) is 2.68. The molecule has 120 valence electrons. The number of rotatable bonds is 2. The smallest absolute Gasteiger partial charge is 0.444 e. The number of hydrogen-bond acceptors (Lipinski definition) is 7. The van der Waals surface area contributed by atoms with E-state index in [4.69, 9.17) is 63.9 Å². The molecule has 0 amide bonds. The van der Waals surface area contributed by atoms with Gasteiger partial charge in [-0.15, -0.1) is 0 Å². The number of fused-ring (bicyclic) bond motifs is 1. The summed E-state index contributed by atoms with van der Waals surface area (Å²) < 4.78 is 24.2. The Bertz CT molecular complexity index is 452. The van der Waals surface area contributed by atoms with Crippen molar-refractivity contribution in [2.24, 2.45) is 0 Å². The maximum absolute atomic E-state index is 11.4. The second-order valence-corrected chi connectivity index (χ2v) is 7.39. The zero-order valence-electron chi connectivity index (χ0n) is 11.4. The third-order valence-electron chi connectivity index (χ3n) is 3.21. The first-order valence-electron chi connectivity index (χ1n) is 5.96. The van der Waals surface area contributed by atoms with Crippen molar-refractivity contribution in [2.75, 3.05) is 7.11 Å². The SMILES string of the molecule is COC1C2OC(=O)OC2C(OC(=N)C(Cl)(Cl)Cl)OC1(C)C. The van der Waals surface area contributed by atoms with E-state index < -0.39 is 46.0 Å². The largest absolute Gasteiger partial charge is 0.509 e. The molecular formula is C11H14Cl3NO6. The lowest BCUT2D eigenvalue weighted by Gasteiger charge is -2.45. The Balaban J connectivity index is 2.22. The van der Waals surface area contributed by atoms with E-state index in [-0.39, 0.29) is 0 Å². The van der Waals surface area contributed by atoms with Gasteiger partial charge in [-0.2, -0.15) is 0 Å². The Morgan fingerprint density at radius 2 is 1.86 bits per heavy atom. The molecule has 0 aromatic rings. The number of carbonyl (C=O) groups excluding carboxylic acids is 1. The molecular weight excluding hydrogens is 348 g/mol. The lowest BCUT2D eigenvalue weighted by molar-refractivity contribution is -0.287. The van der Waals surface area contributed by atoms with Gasteiger partial charge in [0.1, 0.15) is 6.10 Å².